The minimum atomic E-state index is -2.18. The van der Waals surface area contributed by atoms with E-state index in [0.29, 0.717) is 16.7 Å². The molecule has 342 valence electrons. The summed E-state index contributed by atoms with van der Waals surface area (Å²) in [4.78, 5) is 88.9. The number of amides is 3. The second-order valence-electron chi connectivity index (χ2n) is 15.5. The molecule has 0 unspecified atom stereocenters. The molecule has 16 heteroatoms. The van der Waals surface area contributed by atoms with Gasteiger partial charge in [0.05, 0.1) is 51.1 Å². The van der Waals surface area contributed by atoms with E-state index in [1.165, 1.54) is 25.3 Å². The number of cyclic esters (lactones) is 1. The second-order valence-corrected chi connectivity index (χ2v) is 15.5. The van der Waals surface area contributed by atoms with Crippen molar-refractivity contribution in [2.75, 3.05) is 59.2 Å². The Morgan fingerprint density at radius 1 is 0.864 bits per heavy atom. The van der Waals surface area contributed by atoms with Crippen LogP contribution in [0.25, 0.3) is 0 Å². The fourth-order valence-corrected chi connectivity index (χ4v) is 9.29. The Morgan fingerprint density at radius 2 is 1.53 bits per heavy atom. The van der Waals surface area contributed by atoms with Crippen LogP contribution in [-0.2, 0) is 53.1 Å². The van der Waals surface area contributed by atoms with Crippen LogP contribution in [0.4, 0.5) is 10.5 Å². The number of morpholine rings is 1. The summed E-state index contributed by atoms with van der Waals surface area (Å²) in [5.41, 5.74) is -0.0943. The number of carbonyl (C=O) groups is 6. The molecule has 3 heterocycles. The summed E-state index contributed by atoms with van der Waals surface area (Å²) < 4.78 is 33.1. The van der Waals surface area contributed by atoms with E-state index in [-0.39, 0.29) is 62.0 Å². The van der Waals surface area contributed by atoms with Gasteiger partial charge in [0.25, 0.3) is 0 Å². The molecule has 0 bridgehead atoms. The van der Waals surface area contributed by atoms with Gasteiger partial charge in [-0.1, -0.05) is 96.8 Å². The maximum absolute atomic E-state index is 16.2. The lowest BCUT2D eigenvalue weighted by Gasteiger charge is -2.46. The first-order valence-electron chi connectivity index (χ1n) is 21.2. The van der Waals surface area contributed by atoms with Gasteiger partial charge in [0.2, 0.25) is 11.8 Å². The third kappa shape index (κ3) is 8.51. The maximum atomic E-state index is 16.2. The van der Waals surface area contributed by atoms with E-state index in [0.717, 1.165) is 19.1 Å². The molecule has 0 saturated carbocycles. The van der Waals surface area contributed by atoms with Crippen molar-refractivity contribution in [2.24, 2.45) is 11.8 Å². The van der Waals surface area contributed by atoms with E-state index in [9.17, 15) is 19.5 Å². The highest BCUT2D eigenvalue weighted by Crippen LogP contribution is 2.66. The number of fused-ring (bicyclic) bond motifs is 3. The maximum Gasteiger partial charge on any atom is 0.421 e. The Labute approximate surface area is 381 Å². The Kier molecular flexibility index (Phi) is 14.6. The first-order chi connectivity index (χ1) is 32.1. The standard InChI is InChI=1S/C50H49N3O13/c1-5-25-51-44(55)39-41-47(58)66-42(33-18-10-7-11-19-33)40(32-16-8-6-9-17-32)53(41)43(34-20-12-13-22-38(34)64-27-26-54)50(39)36-30-31(15-14-21-35(45(56)62-3)46(57)63-4)23-24-37(36)52(48(50)59)49(60)65-29-28-61-2/h5-13,16-20,22-24,30,35,39-43,54H,1,21,25-29H2,2-4H3,(H,51,55)/t39-,40-,41-,42+,43+,50-/m0/s1. The van der Waals surface area contributed by atoms with Crippen molar-refractivity contribution in [1.82, 2.24) is 10.2 Å². The van der Waals surface area contributed by atoms with Crippen molar-refractivity contribution < 1.29 is 62.3 Å². The zero-order valence-corrected chi connectivity index (χ0v) is 36.5. The monoisotopic (exact) mass is 899 g/mol. The molecule has 0 aromatic heterocycles. The number of rotatable bonds is 15. The number of carbonyl (C=O) groups excluding carboxylic acids is 6. The fraction of sp³-hybridized carbons (Fsp3) is 0.320. The number of nitrogens with zero attached hydrogens (tertiary/aromatic N) is 2. The van der Waals surface area contributed by atoms with E-state index >= 15 is 14.4 Å². The summed E-state index contributed by atoms with van der Waals surface area (Å²) in [6.45, 7) is 2.98. The fourth-order valence-electron chi connectivity index (χ4n) is 9.29. The smallest absolute Gasteiger partial charge is 0.421 e. The molecule has 1 spiro atoms. The molecule has 4 aromatic rings. The zero-order valence-electron chi connectivity index (χ0n) is 36.5. The average Bonchev–Trinajstić information content (AvgIpc) is 3.80. The van der Waals surface area contributed by atoms with Gasteiger partial charge in [-0.3, -0.25) is 28.9 Å². The van der Waals surface area contributed by atoms with Crippen LogP contribution in [0.15, 0.2) is 116 Å². The molecular formula is C50H49N3O13. The number of hydrogen-bond acceptors (Lipinski definition) is 14. The third-order valence-electron chi connectivity index (χ3n) is 11.9. The average molecular weight is 900 g/mol. The summed E-state index contributed by atoms with van der Waals surface area (Å²) in [7, 11) is 3.69. The van der Waals surface area contributed by atoms with Crippen LogP contribution in [0.3, 0.4) is 0 Å². The quantitative estimate of drug-likeness (QED) is 0.0422. The van der Waals surface area contributed by atoms with Crippen LogP contribution in [0.1, 0.15) is 52.4 Å². The SMILES string of the molecule is C=CCNC(=O)[C@@H]1[C@H]2C(=O)O[C@H](c3ccccc3)[C@H](c3ccccc3)N2[C@H](c2ccccc2OCCO)[C@@]12C(=O)N(C(=O)OCCOC)c1ccc(C#CCC(C(=O)OC)C(=O)OC)cc12. The van der Waals surface area contributed by atoms with E-state index in [1.807, 2.05) is 65.6 Å². The molecule has 3 amide bonds. The minimum Gasteiger partial charge on any atom is -0.491 e. The van der Waals surface area contributed by atoms with Crippen molar-refractivity contribution in [3.05, 3.63) is 144 Å². The van der Waals surface area contributed by atoms with Crippen molar-refractivity contribution in [3.63, 3.8) is 0 Å². The predicted octanol–water partition coefficient (Wildman–Crippen LogP) is 4.51. The van der Waals surface area contributed by atoms with E-state index in [4.69, 9.17) is 28.4 Å². The number of aliphatic hydroxyl groups excluding tert-OH is 1. The molecule has 6 atom stereocenters. The van der Waals surface area contributed by atoms with Gasteiger partial charge in [-0.15, -0.1) is 6.58 Å². The molecule has 3 aliphatic rings. The van der Waals surface area contributed by atoms with Crippen LogP contribution in [0.5, 0.6) is 5.75 Å². The first-order valence-corrected chi connectivity index (χ1v) is 21.2. The lowest BCUT2D eigenvalue weighted by Crippen LogP contribution is -2.55. The number of ether oxygens (including phenoxy) is 6. The van der Waals surface area contributed by atoms with Gasteiger partial charge in [0.1, 0.15) is 36.5 Å². The molecule has 2 saturated heterocycles. The molecule has 2 fully saturated rings. The molecular weight excluding hydrogens is 851 g/mol. The number of methoxy groups -OCH3 is 3. The normalized spacial score (nSPS) is 21.8. The number of imide groups is 1. The Balaban J connectivity index is 1.58. The topological polar surface area (TPSA) is 197 Å². The highest BCUT2D eigenvalue weighted by atomic mass is 16.6. The van der Waals surface area contributed by atoms with Crippen molar-refractivity contribution in [2.45, 2.75) is 36.1 Å². The molecule has 4 aromatic carbocycles. The molecule has 7 rings (SSSR count). The highest BCUT2D eigenvalue weighted by molar-refractivity contribution is 6.23. The largest absolute Gasteiger partial charge is 0.491 e. The summed E-state index contributed by atoms with van der Waals surface area (Å²) in [6, 6.07) is 26.1. The number of benzene rings is 4. The second kappa shape index (κ2) is 20.7. The summed E-state index contributed by atoms with van der Waals surface area (Å²) in [6.07, 6.45) is -0.906. The van der Waals surface area contributed by atoms with Crippen LogP contribution in [-0.4, -0.2) is 106 Å². The van der Waals surface area contributed by atoms with E-state index in [1.54, 1.807) is 30.3 Å². The lowest BCUT2D eigenvalue weighted by atomic mass is 9.65. The van der Waals surface area contributed by atoms with Gasteiger partial charge in [-0.2, -0.15) is 0 Å². The third-order valence-corrected chi connectivity index (χ3v) is 11.9. The number of aliphatic hydroxyl groups is 1. The molecule has 0 aliphatic carbocycles. The summed E-state index contributed by atoms with van der Waals surface area (Å²) in [5, 5.41) is 12.9. The number of hydrogen-bond donors (Lipinski definition) is 2. The zero-order chi connectivity index (χ0) is 47.0. The van der Waals surface area contributed by atoms with Gasteiger partial charge < -0.3 is 38.8 Å². The first kappa shape index (κ1) is 46.7. The minimum absolute atomic E-state index is 0.00451. The van der Waals surface area contributed by atoms with Gasteiger partial charge in [0, 0.05) is 31.2 Å². The van der Waals surface area contributed by atoms with E-state index < -0.39 is 77.3 Å². The van der Waals surface area contributed by atoms with Crippen molar-refractivity contribution in [3.8, 4) is 17.6 Å². The number of para-hydroxylation sites is 1. The molecule has 2 N–H and O–H groups in total. The lowest BCUT2D eigenvalue weighted by molar-refractivity contribution is -0.178. The Bertz CT molecular complexity index is 2520. The van der Waals surface area contributed by atoms with Crippen LogP contribution >= 0.6 is 0 Å². The number of esters is 3. The van der Waals surface area contributed by atoms with Gasteiger partial charge >= 0.3 is 24.0 Å². The van der Waals surface area contributed by atoms with Crippen LogP contribution < -0.4 is 15.0 Å². The summed E-state index contributed by atoms with van der Waals surface area (Å²) in [5.74, 6) is -1.08. The van der Waals surface area contributed by atoms with Crippen LogP contribution in [0, 0.1) is 23.7 Å². The van der Waals surface area contributed by atoms with E-state index in [2.05, 4.69) is 23.7 Å². The Morgan fingerprint density at radius 3 is 2.18 bits per heavy atom. The Hall–Kier alpha value is -7.32. The molecule has 0 radical (unpaired) electrons. The van der Waals surface area contributed by atoms with Crippen LogP contribution in [0.2, 0.25) is 0 Å². The number of nitrogens with one attached hydrogen (secondary N) is 1. The van der Waals surface area contributed by atoms with Crippen molar-refractivity contribution >= 4 is 41.5 Å². The van der Waals surface area contributed by atoms with Crippen molar-refractivity contribution in [1.29, 1.82) is 0 Å². The molecule has 16 nitrogen and oxygen atoms in total. The predicted molar refractivity (Wildman–Crippen MR) is 236 cm³/mol. The van der Waals surface area contributed by atoms with Gasteiger partial charge in [-0.25, -0.2) is 9.69 Å². The molecule has 66 heavy (non-hydrogen) atoms. The molecule has 3 aliphatic heterocycles. The summed E-state index contributed by atoms with van der Waals surface area (Å²) >= 11 is 0. The number of anilines is 1. The van der Waals surface area contributed by atoms with Gasteiger partial charge in [-0.05, 0) is 41.0 Å². The highest BCUT2D eigenvalue weighted by Gasteiger charge is 2.76. The van der Waals surface area contributed by atoms with Gasteiger partial charge in [0.15, 0.2) is 5.92 Å².